The second-order valence-electron chi connectivity index (χ2n) is 6.52. The first-order valence-electron chi connectivity index (χ1n) is 7.99. The molecule has 0 bridgehead atoms. The first kappa shape index (κ1) is 20.5. The number of allylic oxidation sites excluding steroid dienone is 7. The van der Waals surface area contributed by atoms with Gasteiger partial charge in [0.05, 0.1) is 0 Å². The molecule has 0 nitrogen and oxygen atoms in total. The summed E-state index contributed by atoms with van der Waals surface area (Å²) in [6, 6.07) is 0. The molecule has 1 heteroatoms. The number of hydrogen-bond donors (Lipinski definition) is 0. The van der Waals surface area contributed by atoms with Crippen molar-refractivity contribution >= 4 is 15.0 Å². The van der Waals surface area contributed by atoms with Crippen LogP contribution in [0.15, 0.2) is 47.6 Å². The van der Waals surface area contributed by atoms with E-state index >= 15 is 0 Å². The molecule has 0 radical (unpaired) electrons. The van der Waals surface area contributed by atoms with Crippen molar-refractivity contribution < 1.29 is 0 Å². The van der Waals surface area contributed by atoms with Crippen molar-refractivity contribution in [3.05, 3.63) is 47.6 Å². The summed E-state index contributed by atoms with van der Waals surface area (Å²) in [4.78, 5) is 0. The van der Waals surface area contributed by atoms with Gasteiger partial charge in [-0.2, -0.15) is 0 Å². The molecule has 0 aliphatic rings. The number of rotatable bonds is 10. The molecule has 0 amide bonds. The Balaban J connectivity index is 4.22. The topological polar surface area (TPSA) is 0 Å². The van der Waals surface area contributed by atoms with Gasteiger partial charge in [0.15, 0.2) is 0 Å². The van der Waals surface area contributed by atoms with Crippen molar-refractivity contribution in [1.29, 1.82) is 0 Å². The molecule has 0 aliphatic carbocycles. The maximum absolute atomic E-state index is 4.06. The van der Waals surface area contributed by atoms with Crippen LogP contribution in [0.3, 0.4) is 0 Å². The van der Waals surface area contributed by atoms with Crippen LogP contribution in [0.4, 0.5) is 0 Å². The standard InChI is InChI=1S/C20H34Se/c1-8-20(7,15-10-12-18(4)5)21-16-14-19(6)13-9-11-17(2)3/h8,11-12,14H,1,9-10,13,15-16H2,2-7H3. The summed E-state index contributed by atoms with van der Waals surface area (Å²) in [5.41, 5.74) is 4.37. The fourth-order valence-electron chi connectivity index (χ4n) is 1.95. The van der Waals surface area contributed by atoms with E-state index in [0.29, 0.717) is 19.3 Å². The SMILES string of the molecule is C=CC(C)(CCC=C(C)C)[Se]CC=C(C)CCC=C(C)C. The van der Waals surface area contributed by atoms with Gasteiger partial charge in [-0.3, -0.25) is 0 Å². The summed E-state index contributed by atoms with van der Waals surface area (Å²) >= 11 is 0.599. The summed E-state index contributed by atoms with van der Waals surface area (Å²) in [6.07, 6.45) is 14.1. The van der Waals surface area contributed by atoms with Crippen LogP contribution in [0.25, 0.3) is 0 Å². The van der Waals surface area contributed by atoms with Crippen molar-refractivity contribution in [2.45, 2.75) is 76.9 Å². The van der Waals surface area contributed by atoms with Crippen molar-refractivity contribution in [1.82, 2.24) is 0 Å². The Hall–Kier alpha value is -0.521. The van der Waals surface area contributed by atoms with Gasteiger partial charge in [0.2, 0.25) is 0 Å². The molecule has 0 heterocycles. The summed E-state index contributed by atoms with van der Waals surface area (Å²) in [6.45, 7) is 17.4. The van der Waals surface area contributed by atoms with Gasteiger partial charge in [-0.05, 0) is 0 Å². The molecule has 0 rings (SSSR count). The van der Waals surface area contributed by atoms with Crippen LogP contribution in [-0.2, 0) is 0 Å². The Labute approximate surface area is 139 Å². The third kappa shape index (κ3) is 11.8. The molecule has 0 fully saturated rings. The monoisotopic (exact) mass is 354 g/mol. The number of hydrogen-bond acceptors (Lipinski definition) is 0. The van der Waals surface area contributed by atoms with Crippen LogP contribution >= 0.6 is 0 Å². The molecule has 0 aromatic rings. The van der Waals surface area contributed by atoms with Crippen molar-refractivity contribution in [2.24, 2.45) is 0 Å². The van der Waals surface area contributed by atoms with E-state index in [1.165, 1.54) is 47.7 Å². The molecule has 120 valence electrons. The van der Waals surface area contributed by atoms with Gasteiger partial charge in [-0.25, -0.2) is 0 Å². The van der Waals surface area contributed by atoms with Crippen LogP contribution in [0.5, 0.6) is 0 Å². The van der Waals surface area contributed by atoms with Crippen molar-refractivity contribution in [3.63, 3.8) is 0 Å². The normalized spacial score (nSPS) is 14.3. The van der Waals surface area contributed by atoms with Gasteiger partial charge in [0, 0.05) is 0 Å². The second kappa shape index (κ2) is 11.1. The maximum atomic E-state index is 4.06. The molecule has 0 N–H and O–H groups in total. The summed E-state index contributed by atoms with van der Waals surface area (Å²) < 4.78 is 0.329. The van der Waals surface area contributed by atoms with E-state index < -0.39 is 0 Å². The minimum absolute atomic E-state index is 0.329. The molecule has 1 unspecified atom stereocenters. The molecule has 1 atom stereocenters. The van der Waals surface area contributed by atoms with Crippen LogP contribution in [0, 0.1) is 0 Å². The summed E-state index contributed by atoms with van der Waals surface area (Å²) in [7, 11) is 0. The Morgan fingerprint density at radius 2 is 1.52 bits per heavy atom. The van der Waals surface area contributed by atoms with Crippen LogP contribution < -0.4 is 0 Å². The third-order valence-corrected chi connectivity index (χ3v) is 6.42. The predicted molar refractivity (Wildman–Crippen MR) is 100 cm³/mol. The predicted octanol–water partition coefficient (Wildman–Crippen LogP) is 6.91. The first-order valence-corrected chi connectivity index (χ1v) is 10.1. The van der Waals surface area contributed by atoms with Crippen molar-refractivity contribution in [3.8, 4) is 0 Å². The Morgan fingerprint density at radius 3 is 2.05 bits per heavy atom. The van der Waals surface area contributed by atoms with E-state index in [9.17, 15) is 0 Å². The van der Waals surface area contributed by atoms with E-state index in [0.717, 1.165) is 0 Å². The average Bonchev–Trinajstić information content (AvgIpc) is 2.37. The molecule has 0 aromatic heterocycles. The quantitative estimate of drug-likeness (QED) is 0.295. The van der Waals surface area contributed by atoms with E-state index in [1.54, 1.807) is 0 Å². The molecule has 0 spiro atoms. The minimum atomic E-state index is 0.329. The van der Waals surface area contributed by atoms with Gasteiger partial charge < -0.3 is 0 Å². The van der Waals surface area contributed by atoms with Gasteiger partial charge >= 0.3 is 139 Å². The molecular weight excluding hydrogens is 319 g/mol. The second-order valence-corrected chi connectivity index (χ2v) is 9.78. The average molecular weight is 353 g/mol. The van der Waals surface area contributed by atoms with Gasteiger partial charge in [0.25, 0.3) is 0 Å². The Kier molecular flexibility index (Phi) is 10.8. The van der Waals surface area contributed by atoms with Gasteiger partial charge in [-0.15, -0.1) is 0 Å². The van der Waals surface area contributed by atoms with Gasteiger partial charge in [0.1, 0.15) is 0 Å². The van der Waals surface area contributed by atoms with Gasteiger partial charge in [-0.1, -0.05) is 0 Å². The zero-order valence-electron chi connectivity index (χ0n) is 15.0. The first-order chi connectivity index (χ1) is 9.79. The van der Waals surface area contributed by atoms with E-state index in [4.69, 9.17) is 0 Å². The van der Waals surface area contributed by atoms with Crippen molar-refractivity contribution in [2.75, 3.05) is 0 Å². The molecular formula is C20H34Se. The molecule has 0 aliphatic heterocycles. The van der Waals surface area contributed by atoms with E-state index in [1.807, 2.05) is 0 Å². The van der Waals surface area contributed by atoms with Crippen LogP contribution in [0.1, 0.15) is 67.2 Å². The van der Waals surface area contributed by atoms with E-state index in [-0.39, 0.29) is 0 Å². The fourth-order valence-corrected chi connectivity index (χ4v) is 4.31. The Bertz CT molecular complexity index is 390. The molecule has 0 aromatic carbocycles. The molecule has 0 saturated carbocycles. The third-order valence-electron chi connectivity index (χ3n) is 3.56. The Morgan fingerprint density at radius 1 is 0.952 bits per heavy atom. The molecule has 21 heavy (non-hydrogen) atoms. The molecule has 0 saturated heterocycles. The fraction of sp³-hybridized carbons (Fsp3) is 0.600. The van der Waals surface area contributed by atoms with Crippen LogP contribution in [-0.4, -0.2) is 15.0 Å². The summed E-state index contributed by atoms with van der Waals surface area (Å²) in [5, 5.41) is 1.23. The zero-order valence-corrected chi connectivity index (χ0v) is 16.7. The van der Waals surface area contributed by atoms with Crippen LogP contribution in [0.2, 0.25) is 9.63 Å². The zero-order chi connectivity index (χ0) is 16.3. The summed E-state index contributed by atoms with van der Waals surface area (Å²) in [5.74, 6) is 0. The van der Waals surface area contributed by atoms with E-state index in [2.05, 4.69) is 72.4 Å².